The first-order valence-electron chi connectivity index (χ1n) is 12.8. The summed E-state index contributed by atoms with van der Waals surface area (Å²) in [5.74, 6) is -0.440. The summed E-state index contributed by atoms with van der Waals surface area (Å²) in [4.78, 5) is 41.2. The number of nitrogens with one attached hydrogen (secondary N) is 1. The van der Waals surface area contributed by atoms with Crippen LogP contribution >= 0.6 is 11.6 Å². The highest BCUT2D eigenvalue weighted by Crippen LogP contribution is 2.60. The topological polar surface area (TPSA) is 102 Å². The van der Waals surface area contributed by atoms with E-state index in [4.69, 9.17) is 16.3 Å². The maximum absolute atomic E-state index is 14.3. The van der Waals surface area contributed by atoms with E-state index in [1.807, 2.05) is 50.3 Å². The zero-order chi connectivity index (χ0) is 26.5. The predicted molar refractivity (Wildman–Crippen MR) is 145 cm³/mol. The molecule has 0 aliphatic carbocycles. The summed E-state index contributed by atoms with van der Waals surface area (Å²) in [6.45, 7) is 7.64. The minimum absolute atomic E-state index is 0.0381. The standard InChI is InChI=1S/C27H34ClN3O5Si/c1-17-25(37(2,3)35)23(10-13-32)36-27(17)21-14-19(28)6-9-22(21)31(26(27)34)16-18-4-7-20(8-5-18)30-12-11-29-15-24(30)33/h4-9,14,17,23,25,29,32,35H,10-13,15-16H2,1-3H3/t17-,23+,25-,27+/m0/s1. The predicted octanol–water partition coefficient (Wildman–Crippen LogP) is 3.00. The molecule has 10 heteroatoms. The Balaban J connectivity index is 1.49. The van der Waals surface area contributed by atoms with Crippen molar-refractivity contribution in [2.75, 3.05) is 36.0 Å². The van der Waals surface area contributed by atoms with Crippen LogP contribution in [-0.2, 0) is 26.5 Å². The molecule has 3 N–H and O–H groups in total. The Bertz CT molecular complexity index is 1200. The van der Waals surface area contributed by atoms with Crippen LogP contribution in [0.25, 0.3) is 0 Å². The second kappa shape index (κ2) is 9.80. The van der Waals surface area contributed by atoms with Crippen molar-refractivity contribution in [3.63, 3.8) is 0 Å². The van der Waals surface area contributed by atoms with Gasteiger partial charge in [-0.3, -0.25) is 9.59 Å². The number of piperazine rings is 1. The number of hydrogen-bond acceptors (Lipinski definition) is 6. The molecule has 3 aliphatic heterocycles. The van der Waals surface area contributed by atoms with Gasteiger partial charge in [-0.2, -0.15) is 0 Å². The van der Waals surface area contributed by atoms with Gasteiger partial charge in [-0.15, -0.1) is 0 Å². The fraction of sp³-hybridized carbons (Fsp3) is 0.481. The monoisotopic (exact) mass is 543 g/mol. The van der Waals surface area contributed by atoms with Crippen molar-refractivity contribution < 1.29 is 24.2 Å². The summed E-state index contributed by atoms with van der Waals surface area (Å²) in [7, 11) is -2.75. The largest absolute Gasteiger partial charge is 0.432 e. The maximum Gasteiger partial charge on any atom is 0.264 e. The average Bonchev–Trinajstić information content (AvgIpc) is 3.27. The van der Waals surface area contributed by atoms with E-state index in [0.29, 0.717) is 36.6 Å². The fourth-order valence-electron chi connectivity index (χ4n) is 6.45. The Labute approximate surface area is 223 Å². The zero-order valence-corrected chi connectivity index (χ0v) is 23.2. The van der Waals surface area contributed by atoms with Gasteiger partial charge in [0.2, 0.25) is 5.91 Å². The zero-order valence-electron chi connectivity index (χ0n) is 21.4. The van der Waals surface area contributed by atoms with E-state index in [1.165, 1.54) is 0 Å². The van der Waals surface area contributed by atoms with Crippen LogP contribution in [-0.4, -0.2) is 62.4 Å². The Hall–Kier alpha value is -2.27. The van der Waals surface area contributed by atoms with Gasteiger partial charge in [-0.05, 0) is 55.4 Å². The summed E-state index contributed by atoms with van der Waals surface area (Å²) in [5.41, 5.74) is 1.71. The van der Waals surface area contributed by atoms with Crippen molar-refractivity contribution in [3.05, 3.63) is 58.6 Å². The number of ether oxygens (including phenoxy) is 1. The highest BCUT2D eigenvalue weighted by molar-refractivity contribution is 6.71. The molecule has 1 spiro atoms. The first-order valence-corrected chi connectivity index (χ1v) is 16.2. The van der Waals surface area contributed by atoms with Crippen molar-refractivity contribution in [1.29, 1.82) is 0 Å². The van der Waals surface area contributed by atoms with Gasteiger partial charge in [-0.1, -0.05) is 30.7 Å². The normalized spacial score (nSPS) is 27.9. The van der Waals surface area contributed by atoms with Crippen LogP contribution in [0.2, 0.25) is 23.7 Å². The molecule has 0 radical (unpaired) electrons. The third kappa shape index (κ3) is 4.41. The molecule has 0 saturated carbocycles. The molecule has 0 unspecified atom stereocenters. The van der Waals surface area contributed by atoms with Crippen molar-refractivity contribution in [3.8, 4) is 0 Å². The SMILES string of the molecule is C[C@H]1[C@H]([Si](C)(C)O)[C@@H](CCO)O[C@]12C(=O)N(Cc1ccc(N3CCNCC3=O)cc1)c1ccc(Cl)cc12. The summed E-state index contributed by atoms with van der Waals surface area (Å²) in [6, 6.07) is 13.1. The number of aliphatic hydroxyl groups is 1. The highest BCUT2D eigenvalue weighted by Gasteiger charge is 2.66. The van der Waals surface area contributed by atoms with Gasteiger partial charge in [0.05, 0.1) is 24.9 Å². The molecule has 0 aromatic heterocycles. The number of anilines is 2. The van der Waals surface area contributed by atoms with Crippen molar-refractivity contribution in [2.45, 2.75) is 50.2 Å². The Morgan fingerprint density at radius 3 is 2.57 bits per heavy atom. The number of benzene rings is 2. The molecule has 198 valence electrons. The lowest BCUT2D eigenvalue weighted by atomic mass is 9.82. The van der Waals surface area contributed by atoms with Crippen molar-refractivity contribution in [2.24, 2.45) is 5.92 Å². The molecule has 5 rings (SSSR count). The van der Waals surface area contributed by atoms with Crippen molar-refractivity contribution >= 4 is 43.1 Å². The van der Waals surface area contributed by atoms with Crippen molar-refractivity contribution in [1.82, 2.24) is 5.32 Å². The van der Waals surface area contributed by atoms with Crippen LogP contribution in [0.15, 0.2) is 42.5 Å². The molecular formula is C27H34ClN3O5Si. The fourth-order valence-corrected chi connectivity index (χ4v) is 9.22. The van der Waals surface area contributed by atoms with Gasteiger partial charge in [0.25, 0.3) is 5.91 Å². The molecular weight excluding hydrogens is 510 g/mol. The molecule has 2 aromatic carbocycles. The molecule has 2 amide bonds. The lowest BCUT2D eigenvalue weighted by Crippen LogP contribution is -2.48. The van der Waals surface area contributed by atoms with E-state index in [0.717, 1.165) is 23.5 Å². The quantitative estimate of drug-likeness (QED) is 0.484. The number of carbonyl (C=O) groups excluding carboxylic acids is 2. The minimum atomic E-state index is -2.75. The smallest absolute Gasteiger partial charge is 0.264 e. The van der Waals surface area contributed by atoms with Crippen LogP contribution in [0, 0.1) is 5.92 Å². The van der Waals surface area contributed by atoms with Gasteiger partial charge in [0, 0.05) is 47.4 Å². The molecule has 3 aliphatic rings. The molecule has 3 heterocycles. The number of carbonyl (C=O) groups is 2. The molecule has 37 heavy (non-hydrogen) atoms. The number of fused-ring (bicyclic) bond motifs is 2. The van der Waals surface area contributed by atoms with Crippen LogP contribution in [0.1, 0.15) is 24.5 Å². The highest BCUT2D eigenvalue weighted by atomic mass is 35.5. The Kier molecular flexibility index (Phi) is 6.97. The minimum Gasteiger partial charge on any atom is -0.432 e. The second-order valence-corrected chi connectivity index (χ2v) is 15.2. The van der Waals surface area contributed by atoms with E-state index >= 15 is 0 Å². The molecule has 8 nitrogen and oxygen atoms in total. The van der Waals surface area contributed by atoms with Crippen LogP contribution < -0.4 is 15.1 Å². The molecule has 2 fully saturated rings. The average molecular weight is 544 g/mol. The maximum atomic E-state index is 14.3. The number of hydrogen-bond donors (Lipinski definition) is 3. The molecule has 0 bridgehead atoms. The van der Waals surface area contributed by atoms with Gasteiger partial charge in [-0.25, -0.2) is 0 Å². The molecule has 2 aromatic rings. The summed E-state index contributed by atoms with van der Waals surface area (Å²) < 4.78 is 6.59. The van der Waals surface area contributed by atoms with E-state index in [1.54, 1.807) is 21.9 Å². The Morgan fingerprint density at radius 2 is 1.92 bits per heavy atom. The van der Waals surface area contributed by atoms with Crippen LogP contribution in [0.3, 0.4) is 0 Å². The van der Waals surface area contributed by atoms with Gasteiger partial charge in [0.15, 0.2) is 13.9 Å². The third-order valence-corrected chi connectivity index (χ3v) is 10.8. The van der Waals surface area contributed by atoms with Crippen LogP contribution in [0.5, 0.6) is 0 Å². The van der Waals surface area contributed by atoms with E-state index in [-0.39, 0.29) is 29.9 Å². The third-order valence-electron chi connectivity index (χ3n) is 8.04. The first-order chi connectivity index (χ1) is 17.6. The second-order valence-electron chi connectivity index (χ2n) is 10.8. The van der Waals surface area contributed by atoms with E-state index in [9.17, 15) is 19.5 Å². The number of nitrogens with zero attached hydrogens (tertiary/aromatic N) is 2. The van der Waals surface area contributed by atoms with Crippen LogP contribution in [0.4, 0.5) is 11.4 Å². The summed E-state index contributed by atoms with van der Waals surface area (Å²) in [5, 5.41) is 13.3. The van der Waals surface area contributed by atoms with E-state index < -0.39 is 20.0 Å². The molecule has 2 saturated heterocycles. The van der Waals surface area contributed by atoms with Gasteiger partial charge < -0.3 is 29.8 Å². The first kappa shape index (κ1) is 26.3. The molecule has 4 atom stereocenters. The number of rotatable bonds is 6. The summed E-state index contributed by atoms with van der Waals surface area (Å²) >= 11 is 6.41. The Morgan fingerprint density at radius 1 is 1.19 bits per heavy atom. The van der Waals surface area contributed by atoms with Gasteiger partial charge >= 0.3 is 0 Å². The summed E-state index contributed by atoms with van der Waals surface area (Å²) in [6.07, 6.45) is -0.0818. The number of amides is 2. The lowest BCUT2D eigenvalue weighted by molar-refractivity contribution is -0.146. The van der Waals surface area contributed by atoms with E-state index in [2.05, 4.69) is 5.32 Å². The number of aliphatic hydroxyl groups excluding tert-OH is 1. The number of halogens is 1. The lowest BCUT2D eigenvalue weighted by Gasteiger charge is -2.32. The van der Waals surface area contributed by atoms with Gasteiger partial charge in [0.1, 0.15) is 0 Å².